The van der Waals surface area contributed by atoms with E-state index in [1.807, 2.05) is 65.7 Å². The molecule has 3 aromatic carbocycles. The van der Waals surface area contributed by atoms with Crippen LogP contribution in [0.4, 0.5) is 17.1 Å². The molecule has 0 bridgehead atoms. The van der Waals surface area contributed by atoms with Gasteiger partial charge in [0.05, 0.1) is 11.4 Å². The van der Waals surface area contributed by atoms with Crippen LogP contribution in [-0.2, 0) is 0 Å². The summed E-state index contributed by atoms with van der Waals surface area (Å²) in [6.07, 6.45) is 0. The van der Waals surface area contributed by atoms with Gasteiger partial charge in [-0.05, 0) is 48.5 Å². The van der Waals surface area contributed by atoms with Gasteiger partial charge in [-0.15, -0.1) is 0 Å². The summed E-state index contributed by atoms with van der Waals surface area (Å²) >= 11 is 0. The van der Waals surface area contributed by atoms with Gasteiger partial charge in [0.2, 0.25) is 0 Å². The fraction of sp³-hybridized carbons (Fsp3) is 0.0500. The fourth-order valence-corrected chi connectivity index (χ4v) is 2.73. The first-order valence-corrected chi connectivity index (χ1v) is 8.16. The van der Waals surface area contributed by atoms with Gasteiger partial charge < -0.3 is 5.73 Å². The molecule has 0 atom stereocenters. The van der Waals surface area contributed by atoms with Gasteiger partial charge in [0, 0.05) is 11.3 Å². The third-order valence-electron chi connectivity index (χ3n) is 4.04. The summed E-state index contributed by atoms with van der Waals surface area (Å²) in [5.41, 5.74) is 13.1. The van der Waals surface area contributed by atoms with Crippen LogP contribution >= 0.6 is 0 Å². The Bertz CT molecular complexity index is 860. The number of hydrogen-bond donors (Lipinski definition) is 2. The lowest BCUT2D eigenvalue weighted by Gasteiger charge is -2.36. The average Bonchev–Trinajstić information content (AvgIpc) is 2.69. The molecule has 124 valence electrons. The van der Waals surface area contributed by atoms with Crippen molar-refractivity contribution in [2.24, 2.45) is 5.10 Å². The predicted octanol–water partition coefficient (Wildman–Crippen LogP) is 3.42. The molecule has 0 saturated heterocycles. The smallest absolute Gasteiger partial charge is 0.172 e. The summed E-state index contributed by atoms with van der Waals surface area (Å²) < 4.78 is 0. The van der Waals surface area contributed by atoms with Crippen LogP contribution in [0.15, 0.2) is 90.0 Å². The first-order valence-electron chi connectivity index (χ1n) is 8.16. The lowest BCUT2D eigenvalue weighted by Crippen LogP contribution is -2.53. The Labute approximate surface area is 147 Å². The van der Waals surface area contributed by atoms with Crippen LogP contribution in [0, 0.1) is 0 Å². The molecular weight excluding hydrogens is 310 g/mol. The monoisotopic (exact) mass is 329 g/mol. The molecule has 4 rings (SSSR count). The van der Waals surface area contributed by atoms with Gasteiger partial charge in [-0.25, -0.2) is 5.01 Å². The molecule has 0 amide bonds. The number of hydrazine groups is 1. The van der Waals surface area contributed by atoms with Crippen molar-refractivity contribution >= 4 is 22.9 Å². The number of benzene rings is 3. The van der Waals surface area contributed by atoms with E-state index in [1.54, 1.807) is 0 Å². The van der Waals surface area contributed by atoms with Crippen LogP contribution in [0.2, 0.25) is 0 Å². The zero-order valence-electron chi connectivity index (χ0n) is 13.7. The molecule has 0 fully saturated rings. The molecule has 25 heavy (non-hydrogen) atoms. The average molecular weight is 329 g/mol. The summed E-state index contributed by atoms with van der Waals surface area (Å²) in [4.78, 5) is 0. The number of para-hydroxylation sites is 2. The van der Waals surface area contributed by atoms with Crippen LogP contribution in [0.5, 0.6) is 0 Å². The molecule has 5 nitrogen and oxygen atoms in total. The summed E-state index contributed by atoms with van der Waals surface area (Å²) in [5.74, 6) is 0.777. The number of hydrazone groups is 1. The zero-order valence-corrected chi connectivity index (χ0v) is 13.7. The molecule has 3 aromatic rings. The third kappa shape index (κ3) is 3.26. The molecule has 0 unspecified atom stereocenters. The highest BCUT2D eigenvalue weighted by molar-refractivity contribution is 6.01. The van der Waals surface area contributed by atoms with Gasteiger partial charge >= 0.3 is 0 Å². The Hall–Kier alpha value is -3.47. The number of rotatable bonds is 3. The van der Waals surface area contributed by atoms with E-state index in [2.05, 4.69) is 34.7 Å². The van der Waals surface area contributed by atoms with E-state index < -0.39 is 0 Å². The summed E-state index contributed by atoms with van der Waals surface area (Å²) in [5, 5.41) is 8.84. The van der Waals surface area contributed by atoms with Crippen LogP contribution in [0.1, 0.15) is 5.56 Å². The Morgan fingerprint density at radius 1 is 0.760 bits per heavy atom. The Morgan fingerprint density at radius 3 is 2.00 bits per heavy atom. The summed E-state index contributed by atoms with van der Waals surface area (Å²) in [6.45, 7) is 0.604. The first kappa shape index (κ1) is 15.1. The number of hydrogen-bond acceptors (Lipinski definition) is 5. The zero-order chi connectivity index (χ0) is 17.1. The van der Waals surface area contributed by atoms with Crippen molar-refractivity contribution in [1.82, 2.24) is 5.43 Å². The van der Waals surface area contributed by atoms with Crippen LogP contribution < -0.4 is 21.2 Å². The Balaban J connectivity index is 1.73. The lowest BCUT2D eigenvalue weighted by atomic mass is 10.2. The molecule has 0 spiro atoms. The minimum absolute atomic E-state index is 0.604. The standard InChI is InChI=1S/C20H19N5/c21-17-13-11-16(12-14-17)20-22-24(18-7-3-1-4-8-18)15-25(23-20)19-9-5-2-6-10-19/h1-14H,15,21H2,(H,22,23). The van der Waals surface area contributed by atoms with Crippen molar-refractivity contribution in [3.63, 3.8) is 0 Å². The van der Waals surface area contributed by atoms with E-state index >= 15 is 0 Å². The van der Waals surface area contributed by atoms with Gasteiger partial charge in [-0.2, -0.15) is 5.10 Å². The van der Waals surface area contributed by atoms with E-state index in [0.717, 1.165) is 28.5 Å². The van der Waals surface area contributed by atoms with Gasteiger partial charge in [0.25, 0.3) is 0 Å². The fourth-order valence-electron chi connectivity index (χ4n) is 2.73. The van der Waals surface area contributed by atoms with Crippen molar-refractivity contribution in [3.05, 3.63) is 90.5 Å². The molecule has 0 aromatic heterocycles. The van der Waals surface area contributed by atoms with E-state index in [1.165, 1.54) is 0 Å². The molecular formula is C20H19N5. The largest absolute Gasteiger partial charge is 0.399 e. The minimum Gasteiger partial charge on any atom is -0.399 e. The highest BCUT2D eigenvalue weighted by Crippen LogP contribution is 2.21. The molecule has 0 aliphatic carbocycles. The highest BCUT2D eigenvalue weighted by atomic mass is 15.7. The Kier molecular flexibility index (Phi) is 3.96. The van der Waals surface area contributed by atoms with Gasteiger partial charge in [-0.3, -0.25) is 10.4 Å². The molecule has 0 radical (unpaired) electrons. The van der Waals surface area contributed by atoms with Gasteiger partial charge in [0.1, 0.15) is 6.67 Å². The quantitative estimate of drug-likeness (QED) is 0.723. The molecule has 3 N–H and O–H groups in total. The molecule has 1 aliphatic rings. The second-order valence-electron chi connectivity index (χ2n) is 5.82. The van der Waals surface area contributed by atoms with E-state index in [-0.39, 0.29) is 0 Å². The normalized spacial score (nSPS) is 14.0. The van der Waals surface area contributed by atoms with E-state index in [0.29, 0.717) is 6.67 Å². The highest BCUT2D eigenvalue weighted by Gasteiger charge is 2.21. The maximum atomic E-state index is 5.81. The molecule has 0 saturated carbocycles. The van der Waals surface area contributed by atoms with E-state index in [9.17, 15) is 0 Å². The third-order valence-corrected chi connectivity index (χ3v) is 4.04. The Morgan fingerprint density at radius 2 is 1.36 bits per heavy atom. The first-order chi connectivity index (χ1) is 12.3. The van der Waals surface area contributed by atoms with Crippen molar-refractivity contribution < 1.29 is 0 Å². The van der Waals surface area contributed by atoms with Crippen molar-refractivity contribution in [2.75, 3.05) is 22.4 Å². The van der Waals surface area contributed by atoms with E-state index in [4.69, 9.17) is 10.8 Å². The SMILES string of the molecule is Nc1ccc(C2=NN(c3ccccc3)CN(c3ccccc3)N2)cc1. The van der Waals surface area contributed by atoms with Crippen LogP contribution in [0.3, 0.4) is 0 Å². The van der Waals surface area contributed by atoms with Gasteiger partial charge in [-0.1, -0.05) is 36.4 Å². The molecule has 5 heteroatoms. The molecule has 1 heterocycles. The van der Waals surface area contributed by atoms with Crippen molar-refractivity contribution in [1.29, 1.82) is 0 Å². The second kappa shape index (κ2) is 6.57. The minimum atomic E-state index is 0.604. The number of amidine groups is 1. The van der Waals surface area contributed by atoms with Gasteiger partial charge in [0.15, 0.2) is 5.84 Å². The second-order valence-corrected chi connectivity index (χ2v) is 5.82. The number of nitrogens with zero attached hydrogens (tertiary/aromatic N) is 3. The summed E-state index contributed by atoms with van der Waals surface area (Å²) in [7, 11) is 0. The number of nitrogen functional groups attached to an aromatic ring is 1. The summed E-state index contributed by atoms with van der Waals surface area (Å²) in [6, 6.07) is 28.1. The maximum absolute atomic E-state index is 5.81. The molecule has 1 aliphatic heterocycles. The van der Waals surface area contributed by atoms with Crippen molar-refractivity contribution in [2.45, 2.75) is 0 Å². The topological polar surface area (TPSA) is 56.9 Å². The number of nitrogens with two attached hydrogens (primary N) is 1. The van der Waals surface area contributed by atoms with Crippen molar-refractivity contribution in [3.8, 4) is 0 Å². The number of anilines is 3. The van der Waals surface area contributed by atoms with Crippen LogP contribution in [-0.4, -0.2) is 12.5 Å². The lowest BCUT2D eigenvalue weighted by molar-refractivity contribution is 0.679. The van der Waals surface area contributed by atoms with Crippen LogP contribution in [0.25, 0.3) is 0 Å². The maximum Gasteiger partial charge on any atom is 0.172 e. The predicted molar refractivity (Wildman–Crippen MR) is 103 cm³/mol. The number of nitrogens with one attached hydrogen (secondary N) is 1.